The summed E-state index contributed by atoms with van der Waals surface area (Å²) in [6.45, 7) is -0.355. The SMILES string of the molecule is O=C(Nc1nc2ccc(Cl)cc2s1)c1cccc(C2O[C@H](CO)C(O)C[C@@H]2O)c1. The zero-order valence-electron chi connectivity index (χ0n) is 15.2. The summed E-state index contributed by atoms with van der Waals surface area (Å²) in [4.78, 5) is 17.1. The Bertz CT molecular complexity index is 1040. The number of benzene rings is 2. The highest BCUT2D eigenvalue weighted by Gasteiger charge is 2.36. The van der Waals surface area contributed by atoms with Crippen LogP contribution >= 0.6 is 22.9 Å². The monoisotopic (exact) mass is 434 g/mol. The molecule has 4 atom stereocenters. The summed E-state index contributed by atoms with van der Waals surface area (Å²) in [5.41, 5.74) is 1.71. The molecule has 29 heavy (non-hydrogen) atoms. The van der Waals surface area contributed by atoms with Gasteiger partial charge in [0.05, 0.1) is 29.0 Å². The van der Waals surface area contributed by atoms with E-state index in [9.17, 15) is 20.1 Å². The molecule has 152 valence electrons. The average molecular weight is 435 g/mol. The van der Waals surface area contributed by atoms with Crippen molar-refractivity contribution in [1.82, 2.24) is 4.98 Å². The van der Waals surface area contributed by atoms with Crippen molar-refractivity contribution < 1.29 is 24.9 Å². The van der Waals surface area contributed by atoms with Crippen LogP contribution in [0, 0.1) is 0 Å². The number of nitrogens with one attached hydrogen (secondary N) is 1. The molecule has 0 radical (unpaired) electrons. The summed E-state index contributed by atoms with van der Waals surface area (Å²) in [6, 6.07) is 12.0. The fraction of sp³-hybridized carbons (Fsp3) is 0.300. The van der Waals surface area contributed by atoms with Crippen molar-refractivity contribution in [2.45, 2.75) is 30.8 Å². The van der Waals surface area contributed by atoms with E-state index in [2.05, 4.69) is 10.3 Å². The molecule has 0 aliphatic carbocycles. The quantitative estimate of drug-likeness (QED) is 0.502. The minimum atomic E-state index is -0.944. The summed E-state index contributed by atoms with van der Waals surface area (Å²) < 4.78 is 6.52. The second-order valence-electron chi connectivity index (χ2n) is 6.86. The maximum absolute atomic E-state index is 12.7. The number of hydrogen-bond donors (Lipinski definition) is 4. The van der Waals surface area contributed by atoms with Crippen molar-refractivity contribution in [3.8, 4) is 0 Å². The number of carbonyl (C=O) groups is 1. The molecule has 3 aromatic rings. The van der Waals surface area contributed by atoms with Crippen molar-refractivity contribution in [1.29, 1.82) is 0 Å². The van der Waals surface area contributed by atoms with E-state index >= 15 is 0 Å². The summed E-state index contributed by atoms with van der Waals surface area (Å²) in [5, 5.41) is 33.3. The van der Waals surface area contributed by atoms with Gasteiger partial charge in [0, 0.05) is 17.0 Å². The molecule has 0 saturated carbocycles. The first kappa shape index (κ1) is 20.2. The van der Waals surface area contributed by atoms with Gasteiger partial charge in [-0.25, -0.2) is 4.98 Å². The molecule has 1 aliphatic heterocycles. The minimum Gasteiger partial charge on any atom is -0.394 e. The number of rotatable bonds is 4. The average Bonchev–Trinajstić information content (AvgIpc) is 3.09. The van der Waals surface area contributed by atoms with Crippen LogP contribution in [0.15, 0.2) is 42.5 Å². The second-order valence-corrected chi connectivity index (χ2v) is 8.33. The first-order chi connectivity index (χ1) is 13.9. The number of aliphatic hydroxyl groups excluding tert-OH is 3. The lowest BCUT2D eigenvalue weighted by Crippen LogP contribution is -2.44. The van der Waals surface area contributed by atoms with Crippen molar-refractivity contribution in [3.63, 3.8) is 0 Å². The van der Waals surface area contributed by atoms with E-state index in [1.54, 1.807) is 42.5 Å². The lowest BCUT2D eigenvalue weighted by atomic mass is 9.93. The van der Waals surface area contributed by atoms with Crippen LogP contribution < -0.4 is 5.32 Å². The highest BCUT2D eigenvalue weighted by molar-refractivity contribution is 7.22. The third-order valence-corrected chi connectivity index (χ3v) is 5.98. The fourth-order valence-corrected chi connectivity index (χ4v) is 4.47. The lowest BCUT2D eigenvalue weighted by molar-refractivity contribution is -0.181. The first-order valence-corrected chi connectivity index (χ1v) is 10.2. The van der Waals surface area contributed by atoms with Crippen LogP contribution in [0.2, 0.25) is 5.02 Å². The van der Waals surface area contributed by atoms with Crippen molar-refractivity contribution in [2.24, 2.45) is 0 Å². The van der Waals surface area contributed by atoms with Crippen LogP contribution in [0.3, 0.4) is 0 Å². The molecule has 0 bridgehead atoms. The molecular weight excluding hydrogens is 416 g/mol. The van der Waals surface area contributed by atoms with Gasteiger partial charge in [0.1, 0.15) is 12.2 Å². The lowest BCUT2D eigenvalue weighted by Gasteiger charge is -2.36. The molecule has 2 heterocycles. The molecule has 0 spiro atoms. The molecule has 4 rings (SSSR count). The number of nitrogens with zero attached hydrogens (tertiary/aromatic N) is 1. The van der Waals surface area contributed by atoms with E-state index < -0.39 is 24.4 Å². The van der Waals surface area contributed by atoms with E-state index in [0.29, 0.717) is 21.3 Å². The van der Waals surface area contributed by atoms with E-state index in [1.165, 1.54) is 11.3 Å². The van der Waals surface area contributed by atoms with Crippen LogP contribution in [0.5, 0.6) is 0 Å². The number of amides is 1. The molecule has 9 heteroatoms. The predicted molar refractivity (Wildman–Crippen MR) is 110 cm³/mol. The number of aliphatic hydroxyl groups is 3. The number of fused-ring (bicyclic) bond motifs is 1. The molecule has 1 saturated heterocycles. The van der Waals surface area contributed by atoms with Gasteiger partial charge >= 0.3 is 0 Å². The number of anilines is 1. The van der Waals surface area contributed by atoms with Gasteiger partial charge in [0.15, 0.2) is 5.13 Å². The van der Waals surface area contributed by atoms with Gasteiger partial charge in [-0.1, -0.05) is 35.1 Å². The largest absolute Gasteiger partial charge is 0.394 e. The van der Waals surface area contributed by atoms with Crippen LogP contribution in [0.4, 0.5) is 5.13 Å². The third kappa shape index (κ3) is 4.28. The van der Waals surface area contributed by atoms with Crippen molar-refractivity contribution >= 4 is 44.2 Å². The highest BCUT2D eigenvalue weighted by atomic mass is 35.5. The zero-order valence-corrected chi connectivity index (χ0v) is 16.7. The number of hydrogen-bond acceptors (Lipinski definition) is 7. The number of aromatic nitrogens is 1. The van der Waals surface area contributed by atoms with Gasteiger partial charge in [-0.15, -0.1) is 0 Å². The molecule has 2 aromatic carbocycles. The van der Waals surface area contributed by atoms with Crippen LogP contribution in [-0.4, -0.2) is 51.1 Å². The molecule has 1 aliphatic rings. The molecule has 7 nitrogen and oxygen atoms in total. The molecule has 2 unspecified atom stereocenters. The Kier molecular flexibility index (Phi) is 5.82. The Hall–Kier alpha value is -2.07. The Labute approximate surface area is 175 Å². The molecule has 1 fully saturated rings. The van der Waals surface area contributed by atoms with Crippen LogP contribution in [0.1, 0.15) is 28.4 Å². The first-order valence-electron chi connectivity index (χ1n) is 9.04. The summed E-state index contributed by atoms with van der Waals surface area (Å²) in [5.74, 6) is -0.346. The Morgan fingerprint density at radius 2 is 2.07 bits per heavy atom. The summed E-state index contributed by atoms with van der Waals surface area (Å²) in [7, 11) is 0. The maximum atomic E-state index is 12.7. The van der Waals surface area contributed by atoms with Crippen LogP contribution in [0.25, 0.3) is 10.2 Å². The summed E-state index contributed by atoms with van der Waals surface area (Å²) in [6.07, 6.45) is -3.32. The normalized spacial score (nSPS) is 24.6. The number of thiazole rings is 1. The third-order valence-electron chi connectivity index (χ3n) is 4.81. The fourth-order valence-electron chi connectivity index (χ4n) is 3.34. The van der Waals surface area contributed by atoms with Gasteiger partial charge in [-0.2, -0.15) is 0 Å². The van der Waals surface area contributed by atoms with E-state index in [-0.39, 0.29) is 18.9 Å². The van der Waals surface area contributed by atoms with Crippen LogP contribution in [-0.2, 0) is 4.74 Å². The van der Waals surface area contributed by atoms with Gasteiger partial charge in [0.25, 0.3) is 5.91 Å². The number of ether oxygens (including phenoxy) is 1. The van der Waals surface area contributed by atoms with Crippen molar-refractivity contribution in [2.75, 3.05) is 11.9 Å². The van der Waals surface area contributed by atoms with Gasteiger partial charge in [-0.3, -0.25) is 10.1 Å². The van der Waals surface area contributed by atoms with Gasteiger partial charge in [0.2, 0.25) is 0 Å². The molecule has 4 N–H and O–H groups in total. The van der Waals surface area contributed by atoms with E-state index in [0.717, 1.165) is 10.2 Å². The molecule has 1 amide bonds. The minimum absolute atomic E-state index is 0.0839. The topological polar surface area (TPSA) is 112 Å². The zero-order chi connectivity index (χ0) is 20.5. The maximum Gasteiger partial charge on any atom is 0.257 e. The second kappa shape index (κ2) is 8.35. The summed E-state index contributed by atoms with van der Waals surface area (Å²) >= 11 is 7.31. The predicted octanol–water partition coefficient (Wildman–Crippen LogP) is 2.75. The molecular formula is C20H19ClN2O5S. The number of carbonyl (C=O) groups excluding carboxylic acids is 1. The van der Waals surface area contributed by atoms with E-state index in [4.69, 9.17) is 16.3 Å². The molecule has 1 aromatic heterocycles. The smallest absolute Gasteiger partial charge is 0.257 e. The Morgan fingerprint density at radius 1 is 1.24 bits per heavy atom. The standard InChI is InChI=1S/C20H19ClN2O5S/c21-12-4-5-13-17(7-12)29-20(22-13)23-19(27)11-3-1-2-10(6-11)18-15(26)8-14(25)16(9-24)28-18/h1-7,14-16,18,24-26H,8-9H2,(H,22,23,27)/t14?,15-,16+,18?/m0/s1. The Morgan fingerprint density at radius 3 is 2.86 bits per heavy atom. The van der Waals surface area contributed by atoms with Gasteiger partial charge < -0.3 is 20.1 Å². The highest BCUT2D eigenvalue weighted by Crippen LogP contribution is 2.33. The number of halogens is 1. The van der Waals surface area contributed by atoms with E-state index in [1.807, 2.05) is 0 Å². The van der Waals surface area contributed by atoms with Crippen molar-refractivity contribution in [3.05, 3.63) is 58.6 Å². The van der Waals surface area contributed by atoms with Gasteiger partial charge in [-0.05, 0) is 35.9 Å². The Balaban J connectivity index is 1.53.